The zero-order chi connectivity index (χ0) is 23.7. The number of aryl methyl sites for hydroxylation is 1. The molecule has 33 heavy (non-hydrogen) atoms. The van der Waals surface area contributed by atoms with Crippen molar-refractivity contribution >= 4 is 79.2 Å². The molecule has 6 nitrogen and oxygen atoms in total. The Morgan fingerprint density at radius 3 is 2.67 bits per heavy atom. The van der Waals surface area contributed by atoms with E-state index < -0.39 is 5.91 Å². The number of nitrogens with one attached hydrogen (secondary N) is 2. The van der Waals surface area contributed by atoms with Crippen LogP contribution in [0.2, 0.25) is 10.0 Å². The summed E-state index contributed by atoms with van der Waals surface area (Å²) in [6.07, 6.45) is 0. The van der Waals surface area contributed by atoms with Gasteiger partial charge in [-0.05, 0) is 73.2 Å². The highest BCUT2D eigenvalue weighted by Gasteiger charge is 2.17. The number of methoxy groups -OCH3 is 1. The summed E-state index contributed by atoms with van der Waals surface area (Å²) >= 11 is 21.0. The van der Waals surface area contributed by atoms with E-state index >= 15 is 0 Å². The van der Waals surface area contributed by atoms with Crippen LogP contribution >= 0.6 is 51.3 Å². The number of oxazole rings is 1. The van der Waals surface area contributed by atoms with E-state index in [9.17, 15) is 4.79 Å². The first kappa shape index (κ1) is 23.5. The third-order valence-electron chi connectivity index (χ3n) is 4.72. The largest absolute Gasteiger partial charge is 0.496 e. The number of aromatic nitrogens is 1. The molecule has 0 atom stereocenters. The fraction of sp³-hybridized carbons (Fsp3) is 0.0870. The monoisotopic (exact) mass is 563 g/mol. The molecule has 0 unspecified atom stereocenters. The summed E-state index contributed by atoms with van der Waals surface area (Å²) in [6.45, 7) is 1.86. The van der Waals surface area contributed by atoms with Crippen molar-refractivity contribution in [2.24, 2.45) is 0 Å². The van der Waals surface area contributed by atoms with Gasteiger partial charge in [-0.15, -0.1) is 0 Å². The number of hydrogen-bond acceptors (Lipinski definition) is 5. The Balaban J connectivity index is 1.52. The summed E-state index contributed by atoms with van der Waals surface area (Å²) < 4.78 is 12.0. The highest BCUT2D eigenvalue weighted by molar-refractivity contribution is 9.10. The maximum Gasteiger partial charge on any atom is 0.261 e. The molecule has 0 aliphatic heterocycles. The standard InChI is InChI=1S/C23H16BrCl2N3O3S/c1-11-7-12(24)8-16(20(11)31-2)21(30)29-23(33)27-14-4-6-19-18(10-14)28-22(32-19)15-5-3-13(25)9-17(15)26/h3-10H,1-2H3,(H2,27,29,30,33). The van der Waals surface area contributed by atoms with Gasteiger partial charge in [0.2, 0.25) is 5.89 Å². The van der Waals surface area contributed by atoms with Crippen LogP contribution < -0.4 is 15.4 Å². The number of benzene rings is 3. The highest BCUT2D eigenvalue weighted by atomic mass is 79.9. The van der Waals surface area contributed by atoms with E-state index in [-0.39, 0.29) is 5.11 Å². The van der Waals surface area contributed by atoms with E-state index in [4.69, 9.17) is 44.6 Å². The van der Waals surface area contributed by atoms with Crippen LogP contribution in [0.25, 0.3) is 22.6 Å². The Morgan fingerprint density at radius 1 is 1.15 bits per heavy atom. The number of rotatable bonds is 4. The Bertz CT molecular complexity index is 1410. The average Bonchev–Trinajstić information content (AvgIpc) is 3.16. The van der Waals surface area contributed by atoms with Gasteiger partial charge < -0.3 is 14.5 Å². The first-order valence-electron chi connectivity index (χ1n) is 9.57. The summed E-state index contributed by atoms with van der Waals surface area (Å²) in [5.41, 5.74) is 3.62. The van der Waals surface area contributed by atoms with Gasteiger partial charge >= 0.3 is 0 Å². The number of halogens is 3. The maximum atomic E-state index is 12.8. The lowest BCUT2D eigenvalue weighted by Gasteiger charge is -2.13. The summed E-state index contributed by atoms with van der Waals surface area (Å²) in [4.78, 5) is 17.3. The van der Waals surface area contributed by atoms with Crippen LogP contribution in [-0.4, -0.2) is 23.1 Å². The van der Waals surface area contributed by atoms with Gasteiger partial charge in [0, 0.05) is 15.2 Å². The summed E-state index contributed by atoms with van der Waals surface area (Å²) in [5, 5.41) is 6.76. The van der Waals surface area contributed by atoms with Gasteiger partial charge in [0.25, 0.3) is 5.91 Å². The third kappa shape index (κ3) is 5.14. The molecule has 4 aromatic rings. The molecule has 2 N–H and O–H groups in total. The third-order valence-corrected chi connectivity index (χ3v) is 5.93. The molecule has 0 aliphatic carbocycles. The van der Waals surface area contributed by atoms with Crippen LogP contribution in [-0.2, 0) is 0 Å². The topological polar surface area (TPSA) is 76.4 Å². The van der Waals surface area contributed by atoms with Gasteiger partial charge in [-0.2, -0.15) is 0 Å². The van der Waals surface area contributed by atoms with E-state index in [0.717, 1.165) is 10.0 Å². The minimum absolute atomic E-state index is 0.128. The van der Waals surface area contributed by atoms with Gasteiger partial charge in [-0.25, -0.2) is 4.98 Å². The molecule has 4 rings (SSSR count). The first-order chi connectivity index (χ1) is 15.7. The number of carbonyl (C=O) groups excluding carboxylic acids is 1. The van der Waals surface area contributed by atoms with E-state index in [0.29, 0.717) is 49.6 Å². The van der Waals surface area contributed by atoms with Crippen LogP contribution in [0.3, 0.4) is 0 Å². The van der Waals surface area contributed by atoms with Gasteiger partial charge in [0.1, 0.15) is 11.3 Å². The Morgan fingerprint density at radius 2 is 1.94 bits per heavy atom. The van der Waals surface area contributed by atoms with Crippen LogP contribution in [0.5, 0.6) is 5.75 Å². The van der Waals surface area contributed by atoms with E-state index in [1.165, 1.54) is 7.11 Å². The predicted molar refractivity (Wildman–Crippen MR) is 139 cm³/mol. The van der Waals surface area contributed by atoms with Gasteiger partial charge in [-0.3, -0.25) is 10.1 Å². The fourth-order valence-corrected chi connectivity index (χ4v) is 4.56. The second-order valence-electron chi connectivity index (χ2n) is 7.04. The number of fused-ring (bicyclic) bond motifs is 1. The van der Waals surface area contributed by atoms with E-state index in [1.807, 2.05) is 13.0 Å². The lowest BCUT2D eigenvalue weighted by molar-refractivity contribution is 0.0974. The second-order valence-corrected chi connectivity index (χ2v) is 9.20. The van der Waals surface area contributed by atoms with Gasteiger partial charge in [0.05, 0.1) is 23.3 Å². The molecule has 0 spiro atoms. The zero-order valence-corrected chi connectivity index (χ0v) is 21.2. The molecule has 10 heteroatoms. The number of ether oxygens (including phenoxy) is 1. The normalized spacial score (nSPS) is 10.8. The predicted octanol–water partition coefficient (Wildman–Crippen LogP) is 7.01. The molecular weight excluding hydrogens is 549 g/mol. The maximum absolute atomic E-state index is 12.8. The molecule has 1 amide bonds. The van der Waals surface area contributed by atoms with E-state index in [2.05, 4.69) is 31.5 Å². The van der Waals surface area contributed by atoms with E-state index in [1.54, 1.807) is 42.5 Å². The Kier molecular flexibility index (Phi) is 6.90. The zero-order valence-electron chi connectivity index (χ0n) is 17.3. The molecule has 1 aromatic heterocycles. The average molecular weight is 565 g/mol. The van der Waals surface area contributed by atoms with Crippen molar-refractivity contribution < 1.29 is 13.9 Å². The molecule has 0 saturated heterocycles. The lowest BCUT2D eigenvalue weighted by atomic mass is 10.1. The highest BCUT2D eigenvalue weighted by Crippen LogP contribution is 2.32. The van der Waals surface area contributed by atoms with Crippen molar-refractivity contribution in [3.63, 3.8) is 0 Å². The molecular formula is C23H16BrCl2N3O3S. The number of hydrogen-bond donors (Lipinski definition) is 2. The van der Waals surface area contributed by atoms with Crippen molar-refractivity contribution in [1.82, 2.24) is 10.3 Å². The van der Waals surface area contributed by atoms with Crippen LogP contribution in [0, 0.1) is 6.92 Å². The minimum Gasteiger partial charge on any atom is -0.496 e. The molecule has 0 fully saturated rings. The molecule has 0 radical (unpaired) electrons. The molecule has 0 bridgehead atoms. The van der Waals surface area contributed by atoms with Crippen molar-refractivity contribution in [1.29, 1.82) is 0 Å². The van der Waals surface area contributed by atoms with Gasteiger partial charge in [0.15, 0.2) is 10.7 Å². The number of amides is 1. The minimum atomic E-state index is -0.393. The lowest BCUT2D eigenvalue weighted by Crippen LogP contribution is -2.34. The quantitative estimate of drug-likeness (QED) is 0.260. The summed E-state index contributed by atoms with van der Waals surface area (Å²) in [5.74, 6) is 0.462. The molecule has 1 heterocycles. The van der Waals surface area contributed by atoms with Crippen molar-refractivity contribution in [3.8, 4) is 17.2 Å². The Labute approximate surface area is 213 Å². The van der Waals surface area contributed by atoms with Crippen LogP contribution in [0.1, 0.15) is 15.9 Å². The first-order valence-corrected chi connectivity index (χ1v) is 11.5. The van der Waals surface area contributed by atoms with Crippen molar-refractivity contribution in [3.05, 3.63) is 74.2 Å². The summed E-state index contributed by atoms with van der Waals surface area (Å²) in [6, 6.07) is 13.9. The SMILES string of the molecule is COc1c(C)cc(Br)cc1C(=O)NC(=S)Nc1ccc2oc(-c3ccc(Cl)cc3Cl)nc2c1. The molecule has 0 saturated carbocycles. The molecule has 0 aliphatic rings. The van der Waals surface area contributed by atoms with Gasteiger partial charge in [-0.1, -0.05) is 39.1 Å². The summed E-state index contributed by atoms with van der Waals surface area (Å²) in [7, 11) is 1.52. The Hall–Kier alpha value is -2.65. The fourth-order valence-electron chi connectivity index (χ4n) is 3.29. The smallest absolute Gasteiger partial charge is 0.261 e. The number of anilines is 1. The second kappa shape index (κ2) is 9.69. The van der Waals surface area contributed by atoms with Crippen molar-refractivity contribution in [2.45, 2.75) is 6.92 Å². The number of nitrogens with zero attached hydrogens (tertiary/aromatic N) is 1. The number of carbonyl (C=O) groups is 1. The van der Waals surface area contributed by atoms with Crippen LogP contribution in [0.4, 0.5) is 5.69 Å². The molecule has 168 valence electrons. The number of thiocarbonyl (C=S) groups is 1. The molecule has 3 aromatic carbocycles. The van der Waals surface area contributed by atoms with Crippen molar-refractivity contribution in [2.75, 3.05) is 12.4 Å². The van der Waals surface area contributed by atoms with Crippen LogP contribution in [0.15, 0.2) is 57.4 Å².